The molecule has 0 unspecified atom stereocenters. The minimum absolute atomic E-state index is 0.311. The molecule has 1 heterocycles. The van der Waals surface area contributed by atoms with Crippen LogP contribution in [0.2, 0.25) is 0 Å². The van der Waals surface area contributed by atoms with Crippen molar-refractivity contribution in [3.63, 3.8) is 0 Å². The molecule has 6 nitrogen and oxygen atoms in total. The Hall–Kier alpha value is -2.63. The molecular formula is C15H18N4O2. The molecular weight excluding hydrogens is 268 g/mol. The molecule has 0 aliphatic rings. The van der Waals surface area contributed by atoms with Crippen molar-refractivity contribution >= 4 is 23.4 Å². The van der Waals surface area contributed by atoms with Gasteiger partial charge in [-0.05, 0) is 50.1 Å². The second-order valence-electron chi connectivity index (χ2n) is 4.59. The Morgan fingerprint density at radius 1 is 1.14 bits per heavy atom. The highest BCUT2D eigenvalue weighted by Gasteiger charge is 2.05. The van der Waals surface area contributed by atoms with Crippen LogP contribution in [0.3, 0.4) is 0 Å². The molecule has 110 valence electrons. The number of amides is 1. The van der Waals surface area contributed by atoms with Crippen LogP contribution in [0.1, 0.15) is 18.1 Å². The first-order chi connectivity index (χ1) is 10.1. The lowest BCUT2D eigenvalue weighted by Crippen LogP contribution is -2.14. The van der Waals surface area contributed by atoms with Gasteiger partial charge in [0.05, 0.1) is 6.61 Å². The van der Waals surface area contributed by atoms with Crippen molar-refractivity contribution in [2.75, 3.05) is 17.2 Å². The SMILES string of the molecule is CCOC(=O)Nc1ccc(Nc2cc(C)ccc2C)nn1. The first-order valence-corrected chi connectivity index (χ1v) is 6.70. The molecule has 0 saturated heterocycles. The van der Waals surface area contributed by atoms with Crippen molar-refractivity contribution < 1.29 is 9.53 Å². The van der Waals surface area contributed by atoms with Crippen LogP contribution in [0.4, 0.5) is 22.1 Å². The van der Waals surface area contributed by atoms with Gasteiger partial charge in [0.1, 0.15) is 0 Å². The van der Waals surface area contributed by atoms with E-state index >= 15 is 0 Å². The molecule has 1 aromatic heterocycles. The molecule has 2 N–H and O–H groups in total. The van der Waals surface area contributed by atoms with E-state index in [9.17, 15) is 4.79 Å². The summed E-state index contributed by atoms with van der Waals surface area (Å²) >= 11 is 0. The zero-order valence-corrected chi connectivity index (χ0v) is 12.3. The van der Waals surface area contributed by atoms with Crippen LogP contribution >= 0.6 is 0 Å². The van der Waals surface area contributed by atoms with Gasteiger partial charge in [-0.1, -0.05) is 12.1 Å². The maximum Gasteiger partial charge on any atom is 0.412 e. The van der Waals surface area contributed by atoms with E-state index in [-0.39, 0.29) is 0 Å². The molecule has 2 rings (SSSR count). The Morgan fingerprint density at radius 2 is 1.86 bits per heavy atom. The summed E-state index contributed by atoms with van der Waals surface area (Å²) < 4.78 is 4.77. The number of aromatic nitrogens is 2. The fourth-order valence-electron chi connectivity index (χ4n) is 1.75. The molecule has 0 spiro atoms. The molecule has 0 aliphatic carbocycles. The molecule has 0 atom stereocenters. The van der Waals surface area contributed by atoms with Gasteiger partial charge in [0.15, 0.2) is 11.6 Å². The highest BCUT2D eigenvalue weighted by molar-refractivity contribution is 5.83. The number of anilines is 3. The van der Waals surface area contributed by atoms with Gasteiger partial charge >= 0.3 is 6.09 Å². The van der Waals surface area contributed by atoms with Gasteiger partial charge < -0.3 is 10.1 Å². The number of benzene rings is 1. The summed E-state index contributed by atoms with van der Waals surface area (Å²) in [5, 5.41) is 13.6. The standard InChI is InChI=1S/C15H18N4O2/c1-4-21-15(20)17-14-8-7-13(18-19-14)16-12-9-10(2)5-6-11(12)3/h5-9H,4H2,1-3H3,(H,16,18)(H,17,19,20). The lowest BCUT2D eigenvalue weighted by molar-refractivity contribution is 0.168. The van der Waals surface area contributed by atoms with E-state index in [0.29, 0.717) is 18.2 Å². The largest absolute Gasteiger partial charge is 0.450 e. The van der Waals surface area contributed by atoms with Gasteiger partial charge in [0, 0.05) is 5.69 Å². The van der Waals surface area contributed by atoms with Gasteiger partial charge in [-0.15, -0.1) is 10.2 Å². The summed E-state index contributed by atoms with van der Waals surface area (Å²) in [6.45, 7) is 6.10. The van der Waals surface area contributed by atoms with Crippen LogP contribution in [0.5, 0.6) is 0 Å². The zero-order valence-electron chi connectivity index (χ0n) is 12.3. The predicted molar refractivity (Wildman–Crippen MR) is 81.9 cm³/mol. The zero-order chi connectivity index (χ0) is 15.2. The first-order valence-electron chi connectivity index (χ1n) is 6.70. The highest BCUT2D eigenvalue weighted by atomic mass is 16.5. The molecule has 1 aromatic carbocycles. The minimum atomic E-state index is -0.540. The molecule has 0 saturated carbocycles. The maximum absolute atomic E-state index is 11.3. The van der Waals surface area contributed by atoms with E-state index in [2.05, 4.69) is 26.9 Å². The number of carbonyl (C=O) groups is 1. The Morgan fingerprint density at radius 3 is 2.52 bits per heavy atom. The number of aryl methyl sites for hydroxylation is 2. The average Bonchev–Trinajstić information content (AvgIpc) is 2.45. The van der Waals surface area contributed by atoms with E-state index in [1.54, 1.807) is 19.1 Å². The van der Waals surface area contributed by atoms with Gasteiger partial charge in [-0.3, -0.25) is 5.32 Å². The van der Waals surface area contributed by atoms with Crippen molar-refractivity contribution in [1.82, 2.24) is 10.2 Å². The third kappa shape index (κ3) is 4.17. The van der Waals surface area contributed by atoms with E-state index in [4.69, 9.17) is 4.74 Å². The van der Waals surface area contributed by atoms with Gasteiger partial charge in [0.2, 0.25) is 0 Å². The molecule has 1 amide bonds. The molecule has 6 heteroatoms. The predicted octanol–water partition coefficient (Wildman–Crippen LogP) is 3.41. The summed E-state index contributed by atoms with van der Waals surface area (Å²) in [5.41, 5.74) is 3.27. The molecule has 0 aliphatic heterocycles. The van der Waals surface area contributed by atoms with E-state index in [0.717, 1.165) is 16.8 Å². The summed E-state index contributed by atoms with van der Waals surface area (Å²) in [6, 6.07) is 9.55. The van der Waals surface area contributed by atoms with Crippen molar-refractivity contribution in [1.29, 1.82) is 0 Å². The monoisotopic (exact) mass is 286 g/mol. The van der Waals surface area contributed by atoms with Crippen LogP contribution in [-0.2, 0) is 4.74 Å². The molecule has 0 radical (unpaired) electrons. The second kappa shape index (κ2) is 6.69. The highest BCUT2D eigenvalue weighted by Crippen LogP contribution is 2.20. The quantitative estimate of drug-likeness (QED) is 0.900. The second-order valence-corrected chi connectivity index (χ2v) is 4.59. The van der Waals surface area contributed by atoms with Gasteiger partial charge in [-0.25, -0.2) is 4.79 Å². The molecule has 0 fully saturated rings. The molecule has 21 heavy (non-hydrogen) atoms. The summed E-state index contributed by atoms with van der Waals surface area (Å²) in [4.78, 5) is 11.3. The Labute approximate surface area is 123 Å². The van der Waals surface area contributed by atoms with E-state index in [1.807, 2.05) is 26.0 Å². The van der Waals surface area contributed by atoms with Crippen LogP contribution < -0.4 is 10.6 Å². The van der Waals surface area contributed by atoms with Crippen molar-refractivity contribution in [2.45, 2.75) is 20.8 Å². The van der Waals surface area contributed by atoms with Gasteiger partial charge in [-0.2, -0.15) is 0 Å². The minimum Gasteiger partial charge on any atom is -0.450 e. The van der Waals surface area contributed by atoms with Crippen LogP contribution in [0.15, 0.2) is 30.3 Å². The Balaban J connectivity index is 2.05. The number of ether oxygens (including phenoxy) is 1. The first kappa shape index (κ1) is 14.8. The van der Waals surface area contributed by atoms with Crippen LogP contribution in [-0.4, -0.2) is 22.9 Å². The third-order valence-corrected chi connectivity index (χ3v) is 2.83. The van der Waals surface area contributed by atoms with Crippen molar-refractivity contribution in [3.8, 4) is 0 Å². The summed E-state index contributed by atoms with van der Waals surface area (Å²) in [6.07, 6.45) is -0.540. The molecule has 0 bridgehead atoms. The maximum atomic E-state index is 11.3. The smallest absolute Gasteiger partial charge is 0.412 e. The van der Waals surface area contributed by atoms with Crippen LogP contribution in [0, 0.1) is 13.8 Å². The summed E-state index contributed by atoms with van der Waals surface area (Å²) in [5.74, 6) is 0.957. The topological polar surface area (TPSA) is 76.1 Å². The number of hydrogen-bond acceptors (Lipinski definition) is 5. The third-order valence-electron chi connectivity index (χ3n) is 2.83. The normalized spacial score (nSPS) is 10.0. The fourth-order valence-corrected chi connectivity index (χ4v) is 1.75. The number of nitrogens with one attached hydrogen (secondary N) is 2. The lowest BCUT2D eigenvalue weighted by Gasteiger charge is -2.10. The lowest BCUT2D eigenvalue weighted by atomic mass is 10.1. The van der Waals surface area contributed by atoms with Crippen molar-refractivity contribution in [3.05, 3.63) is 41.5 Å². The summed E-state index contributed by atoms with van der Waals surface area (Å²) in [7, 11) is 0. The van der Waals surface area contributed by atoms with Gasteiger partial charge in [0.25, 0.3) is 0 Å². The average molecular weight is 286 g/mol. The number of carbonyl (C=O) groups excluding carboxylic acids is 1. The van der Waals surface area contributed by atoms with Crippen LogP contribution in [0.25, 0.3) is 0 Å². The van der Waals surface area contributed by atoms with Crippen molar-refractivity contribution in [2.24, 2.45) is 0 Å². The Bertz CT molecular complexity index is 626. The van der Waals surface area contributed by atoms with E-state index in [1.165, 1.54) is 0 Å². The number of nitrogens with zero attached hydrogens (tertiary/aromatic N) is 2. The number of rotatable bonds is 4. The Kier molecular flexibility index (Phi) is 4.71. The number of hydrogen-bond donors (Lipinski definition) is 2. The van der Waals surface area contributed by atoms with E-state index < -0.39 is 6.09 Å². The fraction of sp³-hybridized carbons (Fsp3) is 0.267. The molecule has 2 aromatic rings.